The number of carbonyl (C=O) groups is 1. The van der Waals surface area contributed by atoms with Crippen molar-refractivity contribution >= 4 is 5.91 Å². The van der Waals surface area contributed by atoms with Crippen molar-refractivity contribution in [1.82, 2.24) is 4.90 Å². The van der Waals surface area contributed by atoms with Crippen molar-refractivity contribution in [3.63, 3.8) is 0 Å². The van der Waals surface area contributed by atoms with Gasteiger partial charge in [-0.2, -0.15) is 0 Å². The quantitative estimate of drug-likeness (QED) is 0.796. The van der Waals surface area contributed by atoms with Gasteiger partial charge >= 0.3 is 0 Å². The normalized spacial score (nSPS) is 34.0. The molecule has 3 unspecified atom stereocenters. The Balaban J connectivity index is 1.87. The molecule has 0 aromatic carbocycles. The van der Waals surface area contributed by atoms with Crippen LogP contribution in [0.3, 0.4) is 0 Å². The molecule has 2 rings (SSSR count). The van der Waals surface area contributed by atoms with Crippen LogP contribution in [0.4, 0.5) is 0 Å². The maximum Gasteiger partial charge on any atom is 0.226 e. The van der Waals surface area contributed by atoms with Crippen molar-refractivity contribution in [1.29, 1.82) is 0 Å². The van der Waals surface area contributed by atoms with Gasteiger partial charge in [-0.15, -0.1) is 0 Å². The minimum atomic E-state index is 0.181. The van der Waals surface area contributed by atoms with Gasteiger partial charge in [-0.05, 0) is 37.6 Å². The van der Waals surface area contributed by atoms with E-state index in [1.54, 1.807) is 0 Å². The van der Waals surface area contributed by atoms with Crippen LogP contribution in [0, 0.1) is 17.8 Å². The average molecular weight is 240 g/mol. The molecule has 0 spiro atoms. The van der Waals surface area contributed by atoms with Gasteiger partial charge in [0.25, 0.3) is 0 Å². The lowest BCUT2D eigenvalue weighted by Gasteiger charge is -2.31. The number of nitrogens with zero attached hydrogens (tertiary/aromatic N) is 1. The molecule has 2 fully saturated rings. The van der Waals surface area contributed by atoms with Gasteiger partial charge in [0.1, 0.15) is 0 Å². The molecule has 0 aliphatic carbocycles. The molecule has 0 aromatic heterocycles. The topological polar surface area (TPSA) is 55.6 Å². The van der Waals surface area contributed by atoms with Crippen LogP contribution >= 0.6 is 0 Å². The highest BCUT2D eigenvalue weighted by Crippen LogP contribution is 2.27. The predicted octanol–water partition coefficient (Wildman–Crippen LogP) is 0.856. The molecule has 1 amide bonds. The third-order valence-corrected chi connectivity index (χ3v) is 4.13. The van der Waals surface area contributed by atoms with Crippen molar-refractivity contribution in [3.05, 3.63) is 0 Å². The highest BCUT2D eigenvalue weighted by atomic mass is 16.5. The van der Waals surface area contributed by atoms with Crippen molar-refractivity contribution in [2.75, 3.05) is 32.8 Å². The molecule has 98 valence electrons. The lowest BCUT2D eigenvalue weighted by Crippen LogP contribution is -2.41. The van der Waals surface area contributed by atoms with E-state index < -0.39 is 0 Å². The van der Waals surface area contributed by atoms with Crippen molar-refractivity contribution < 1.29 is 9.53 Å². The van der Waals surface area contributed by atoms with E-state index in [0.717, 1.165) is 52.1 Å². The van der Waals surface area contributed by atoms with Gasteiger partial charge in [0.05, 0.1) is 0 Å². The summed E-state index contributed by atoms with van der Waals surface area (Å²) in [5.74, 6) is 1.52. The number of rotatable bonds is 3. The first-order valence-electron chi connectivity index (χ1n) is 6.79. The SMILES string of the molecule is CC1COCCC1C(=O)N1CCC(CCN)C1. The first kappa shape index (κ1) is 12.8. The van der Waals surface area contributed by atoms with Crippen LogP contribution in [-0.2, 0) is 9.53 Å². The van der Waals surface area contributed by atoms with Crippen LogP contribution in [-0.4, -0.2) is 43.7 Å². The summed E-state index contributed by atoms with van der Waals surface area (Å²) in [4.78, 5) is 14.4. The fourth-order valence-electron chi connectivity index (χ4n) is 2.99. The minimum Gasteiger partial charge on any atom is -0.381 e. The lowest BCUT2D eigenvalue weighted by molar-refractivity contribution is -0.140. The maximum atomic E-state index is 12.4. The molecule has 2 saturated heterocycles. The van der Waals surface area contributed by atoms with Gasteiger partial charge < -0.3 is 15.4 Å². The predicted molar refractivity (Wildman–Crippen MR) is 66.4 cm³/mol. The van der Waals surface area contributed by atoms with E-state index in [1.807, 2.05) is 4.90 Å². The zero-order chi connectivity index (χ0) is 12.3. The van der Waals surface area contributed by atoms with Gasteiger partial charge in [-0.1, -0.05) is 6.92 Å². The van der Waals surface area contributed by atoms with Crippen LogP contribution in [0.15, 0.2) is 0 Å². The van der Waals surface area contributed by atoms with E-state index in [9.17, 15) is 4.79 Å². The van der Waals surface area contributed by atoms with E-state index >= 15 is 0 Å². The Hall–Kier alpha value is -0.610. The van der Waals surface area contributed by atoms with E-state index in [-0.39, 0.29) is 5.92 Å². The Labute approximate surface area is 103 Å². The molecule has 2 aliphatic rings. The van der Waals surface area contributed by atoms with E-state index in [1.165, 1.54) is 0 Å². The molecule has 0 aromatic rings. The summed E-state index contributed by atoms with van der Waals surface area (Å²) in [6.45, 7) is 6.17. The largest absolute Gasteiger partial charge is 0.381 e. The standard InChI is InChI=1S/C13H24N2O2/c1-10-9-17-7-4-12(10)13(16)15-6-3-11(8-15)2-5-14/h10-12H,2-9,14H2,1H3. The van der Waals surface area contributed by atoms with Crippen LogP contribution in [0.25, 0.3) is 0 Å². The molecule has 0 radical (unpaired) electrons. The summed E-state index contributed by atoms with van der Waals surface area (Å²) in [5.41, 5.74) is 5.57. The molecule has 17 heavy (non-hydrogen) atoms. The van der Waals surface area contributed by atoms with Gasteiger partial charge in [0.2, 0.25) is 5.91 Å². The van der Waals surface area contributed by atoms with Crippen LogP contribution in [0.2, 0.25) is 0 Å². The molecule has 0 saturated carbocycles. The van der Waals surface area contributed by atoms with Crippen LogP contribution in [0.1, 0.15) is 26.2 Å². The molecule has 2 heterocycles. The maximum absolute atomic E-state index is 12.4. The molecular formula is C13H24N2O2. The molecular weight excluding hydrogens is 216 g/mol. The number of ether oxygens (including phenoxy) is 1. The monoisotopic (exact) mass is 240 g/mol. The molecule has 4 heteroatoms. The second-order valence-corrected chi connectivity index (χ2v) is 5.46. The van der Waals surface area contributed by atoms with Crippen LogP contribution in [0.5, 0.6) is 0 Å². The summed E-state index contributed by atoms with van der Waals surface area (Å²) in [6, 6.07) is 0. The molecule has 4 nitrogen and oxygen atoms in total. The molecule has 0 bridgehead atoms. The Kier molecular flexibility index (Phi) is 4.40. The fraction of sp³-hybridized carbons (Fsp3) is 0.923. The zero-order valence-electron chi connectivity index (χ0n) is 10.7. The molecule has 3 atom stereocenters. The summed E-state index contributed by atoms with van der Waals surface area (Å²) in [5, 5.41) is 0. The lowest BCUT2D eigenvalue weighted by atomic mass is 9.89. The minimum absolute atomic E-state index is 0.181. The number of hydrogen-bond acceptors (Lipinski definition) is 3. The van der Waals surface area contributed by atoms with E-state index in [2.05, 4.69) is 6.92 Å². The van der Waals surface area contributed by atoms with Crippen molar-refractivity contribution in [3.8, 4) is 0 Å². The summed E-state index contributed by atoms with van der Waals surface area (Å²) < 4.78 is 5.40. The first-order valence-corrected chi connectivity index (χ1v) is 6.79. The summed E-state index contributed by atoms with van der Waals surface area (Å²) >= 11 is 0. The summed E-state index contributed by atoms with van der Waals surface area (Å²) in [6.07, 6.45) is 3.06. The number of amides is 1. The van der Waals surface area contributed by atoms with Gasteiger partial charge in [-0.3, -0.25) is 4.79 Å². The molecule has 2 aliphatic heterocycles. The van der Waals surface area contributed by atoms with E-state index in [0.29, 0.717) is 17.7 Å². The Morgan fingerprint density at radius 1 is 1.47 bits per heavy atom. The van der Waals surface area contributed by atoms with Crippen LogP contribution < -0.4 is 5.73 Å². The third kappa shape index (κ3) is 2.99. The molecule has 2 N–H and O–H groups in total. The number of carbonyl (C=O) groups excluding carboxylic acids is 1. The first-order chi connectivity index (χ1) is 8.22. The van der Waals surface area contributed by atoms with Gasteiger partial charge in [0, 0.05) is 32.2 Å². The van der Waals surface area contributed by atoms with Gasteiger partial charge in [-0.25, -0.2) is 0 Å². The third-order valence-electron chi connectivity index (χ3n) is 4.13. The van der Waals surface area contributed by atoms with Crippen molar-refractivity contribution in [2.45, 2.75) is 26.2 Å². The average Bonchev–Trinajstić information content (AvgIpc) is 2.78. The second kappa shape index (κ2) is 5.83. The summed E-state index contributed by atoms with van der Waals surface area (Å²) in [7, 11) is 0. The van der Waals surface area contributed by atoms with Gasteiger partial charge in [0.15, 0.2) is 0 Å². The Morgan fingerprint density at radius 3 is 3.00 bits per heavy atom. The fourth-order valence-corrected chi connectivity index (χ4v) is 2.99. The number of likely N-dealkylation sites (tertiary alicyclic amines) is 1. The zero-order valence-corrected chi connectivity index (χ0v) is 10.7. The van der Waals surface area contributed by atoms with Crippen molar-refractivity contribution in [2.24, 2.45) is 23.5 Å². The smallest absolute Gasteiger partial charge is 0.226 e. The number of hydrogen-bond donors (Lipinski definition) is 1. The highest BCUT2D eigenvalue weighted by Gasteiger charge is 2.34. The second-order valence-electron chi connectivity index (χ2n) is 5.46. The Bertz CT molecular complexity index is 270. The number of nitrogens with two attached hydrogens (primary N) is 1. The highest BCUT2D eigenvalue weighted by molar-refractivity contribution is 5.79. The Morgan fingerprint density at radius 2 is 2.29 bits per heavy atom. The van der Waals surface area contributed by atoms with E-state index in [4.69, 9.17) is 10.5 Å².